The van der Waals surface area contributed by atoms with Crippen LogP contribution in [0.1, 0.15) is 24.2 Å². The molecule has 0 spiro atoms. The fourth-order valence-electron chi connectivity index (χ4n) is 2.37. The van der Waals surface area contributed by atoms with Crippen molar-refractivity contribution in [1.82, 2.24) is 0 Å². The predicted molar refractivity (Wildman–Crippen MR) is 107 cm³/mol. The van der Waals surface area contributed by atoms with Gasteiger partial charge in [-0.15, -0.1) is 0 Å². The molecule has 0 aliphatic heterocycles. The number of ether oxygens (including phenoxy) is 1. The van der Waals surface area contributed by atoms with Gasteiger partial charge in [0, 0.05) is 34.7 Å². The van der Waals surface area contributed by atoms with E-state index in [-0.39, 0.29) is 28.5 Å². The summed E-state index contributed by atoms with van der Waals surface area (Å²) in [5.74, 6) is -1.15. The van der Waals surface area contributed by atoms with Crippen LogP contribution in [0.4, 0.5) is 17.1 Å². The minimum atomic E-state index is -0.625. The van der Waals surface area contributed by atoms with Crippen molar-refractivity contribution in [2.24, 2.45) is 0 Å². The first-order valence-corrected chi connectivity index (χ1v) is 8.45. The van der Waals surface area contributed by atoms with Crippen LogP contribution in [-0.2, 0) is 9.59 Å². The van der Waals surface area contributed by atoms with E-state index < -0.39 is 16.7 Å². The molecule has 0 saturated heterocycles. The van der Waals surface area contributed by atoms with Crippen molar-refractivity contribution >= 4 is 34.7 Å². The standard InChI is InChI=1S/C20H19N3O6/c1-12(20(26)22-15-6-4-14(5-7-15)13(2)24)10-19(25)21-16-8-9-18(29-3)17(11-16)23(27)28/h4-11H,1-3H3,(H,21,25)(H,22,26)/b12-10-. The Bertz CT molecular complexity index is 996. The lowest BCUT2D eigenvalue weighted by Crippen LogP contribution is -2.16. The average molecular weight is 397 g/mol. The lowest BCUT2D eigenvalue weighted by atomic mass is 10.1. The second-order valence-electron chi connectivity index (χ2n) is 6.05. The largest absolute Gasteiger partial charge is 0.490 e. The van der Waals surface area contributed by atoms with Gasteiger partial charge in [0.1, 0.15) is 0 Å². The molecule has 0 bridgehead atoms. The maximum atomic E-state index is 12.2. The Labute approximate surface area is 166 Å². The van der Waals surface area contributed by atoms with Crippen molar-refractivity contribution in [1.29, 1.82) is 0 Å². The summed E-state index contributed by atoms with van der Waals surface area (Å²) in [5, 5.41) is 16.1. The van der Waals surface area contributed by atoms with Crippen LogP contribution in [0, 0.1) is 10.1 Å². The van der Waals surface area contributed by atoms with Crippen LogP contribution < -0.4 is 15.4 Å². The minimum Gasteiger partial charge on any atom is -0.490 e. The number of hydrogen-bond acceptors (Lipinski definition) is 6. The van der Waals surface area contributed by atoms with Crippen LogP contribution in [0.25, 0.3) is 0 Å². The number of carbonyl (C=O) groups excluding carboxylic acids is 3. The molecule has 0 saturated carbocycles. The van der Waals surface area contributed by atoms with Crippen LogP contribution in [0.15, 0.2) is 54.1 Å². The van der Waals surface area contributed by atoms with Gasteiger partial charge in [-0.3, -0.25) is 24.5 Å². The number of nitro benzene ring substituents is 1. The number of methoxy groups -OCH3 is 1. The second-order valence-corrected chi connectivity index (χ2v) is 6.05. The van der Waals surface area contributed by atoms with Crippen LogP contribution >= 0.6 is 0 Å². The van der Waals surface area contributed by atoms with Gasteiger partial charge in [-0.05, 0) is 50.2 Å². The Morgan fingerprint density at radius 3 is 2.17 bits per heavy atom. The van der Waals surface area contributed by atoms with Crippen LogP contribution in [-0.4, -0.2) is 29.6 Å². The van der Waals surface area contributed by atoms with Crippen molar-refractivity contribution in [3.05, 3.63) is 69.8 Å². The Hall–Kier alpha value is -4.01. The third kappa shape index (κ3) is 5.73. The van der Waals surface area contributed by atoms with Gasteiger partial charge in [0.2, 0.25) is 5.91 Å². The number of Topliss-reactive ketones (excluding diaryl/α,β-unsaturated/α-hetero) is 1. The summed E-state index contributed by atoms with van der Waals surface area (Å²) in [6, 6.07) is 10.3. The normalized spacial score (nSPS) is 10.8. The second kappa shape index (κ2) is 9.27. The molecular weight excluding hydrogens is 378 g/mol. The number of nitrogens with one attached hydrogen (secondary N) is 2. The molecule has 0 fully saturated rings. The number of hydrogen-bond donors (Lipinski definition) is 2. The Morgan fingerprint density at radius 1 is 1.00 bits per heavy atom. The molecule has 0 aromatic heterocycles. The molecule has 0 aliphatic rings. The molecule has 2 rings (SSSR count). The molecule has 0 aliphatic carbocycles. The molecule has 29 heavy (non-hydrogen) atoms. The summed E-state index contributed by atoms with van der Waals surface area (Å²) in [4.78, 5) is 46.0. The first kappa shape index (κ1) is 21.3. The highest BCUT2D eigenvalue weighted by Crippen LogP contribution is 2.29. The van der Waals surface area contributed by atoms with E-state index in [0.717, 1.165) is 12.1 Å². The summed E-state index contributed by atoms with van der Waals surface area (Å²) in [6.07, 6.45) is 1.08. The lowest BCUT2D eigenvalue weighted by molar-refractivity contribution is -0.385. The molecule has 0 unspecified atom stereocenters. The number of rotatable bonds is 7. The zero-order valence-corrected chi connectivity index (χ0v) is 16.0. The van der Waals surface area contributed by atoms with Gasteiger partial charge >= 0.3 is 5.69 Å². The molecule has 2 aromatic carbocycles. The lowest BCUT2D eigenvalue weighted by Gasteiger charge is -2.07. The molecule has 9 nitrogen and oxygen atoms in total. The number of anilines is 2. The number of carbonyl (C=O) groups is 3. The highest BCUT2D eigenvalue weighted by Gasteiger charge is 2.16. The van der Waals surface area contributed by atoms with E-state index in [0.29, 0.717) is 11.3 Å². The summed E-state index contributed by atoms with van der Waals surface area (Å²) >= 11 is 0. The number of nitro groups is 1. The summed E-state index contributed by atoms with van der Waals surface area (Å²) < 4.78 is 4.90. The third-order valence-electron chi connectivity index (χ3n) is 3.90. The van der Waals surface area contributed by atoms with E-state index in [1.165, 1.54) is 33.1 Å². The van der Waals surface area contributed by atoms with Gasteiger partial charge < -0.3 is 15.4 Å². The number of amides is 2. The van der Waals surface area contributed by atoms with Crippen LogP contribution in [0.5, 0.6) is 5.75 Å². The Balaban J connectivity index is 2.06. The highest BCUT2D eigenvalue weighted by atomic mass is 16.6. The molecule has 2 aromatic rings. The SMILES string of the molecule is COc1ccc(NC(=O)/C=C(/C)C(=O)Nc2ccc(C(C)=O)cc2)cc1[N+](=O)[O-]. The van der Waals surface area contributed by atoms with Crippen LogP contribution in [0.3, 0.4) is 0 Å². The van der Waals surface area contributed by atoms with Gasteiger partial charge in [-0.2, -0.15) is 0 Å². The number of ketones is 1. The molecule has 2 amide bonds. The van der Waals surface area contributed by atoms with E-state index in [4.69, 9.17) is 4.74 Å². The van der Waals surface area contributed by atoms with Crippen molar-refractivity contribution in [2.75, 3.05) is 17.7 Å². The maximum Gasteiger partial charge on any atom is 0.312 e. The van der Waals surface area contributed by atoms with Crippen molar-refractivity contribution in [3.63, 3.8) is 0 Å². The number of nitrogens with zero attached hydrogens (tertiary/aromatic N) is 1. The molecular formula is C20H19N3O6. The fourth-order valence-corrected chi connectivity index (χ4v) is 2.37. The van der Waals surface area contributed by atoms with Gasteiger partial charge in [-0.1, -0.05) is 0 Å². The minimum absolute atomic E-state index is 0.0647. The number of benzene rings is 2. The smallest absolute Gasteiger partial charge is 0.312 e. The van der Waals surface area contributed by atoms with Crippen molar-refractivity contribution < 1.29 is 24.0 Å². The third-order valence-corrected chi connectivity index (χ3v) is 3.90. The van der Waals surface area contributed by atoms with Gasteiger partial charge in [0.25, 0.3) is 5.91 Å². The zero-order chi connectivity index (χ0) is 21.6. The van der Waals surface area contributed by atoms with E-state index in [9.17, 15) is 24.5 Å². The quantitative estimate of drug-likeness (QED) is 0.319. The van der Waals surface area contributed by atoms with Gasteiger partial charge in [0.05, 0.1) is 12.0 Å². The van der Waals surface area contributed by atoms with Crippen LogP contribution in [0.2, 0.25) is 0 Å². The van der Waals surface area contributed by atoms with Gasteiger partial charge in [0.15, 0.2) is 11.5 Å². The molecule has 150 valence electrons. The van der Waals surface area contributed by atoms with E-state index in [2.05, 4.69) is 10.6 Å². The molecule has 0 atom stereocenters. The molecule has 2 N–H and O–H groups in total. The zero-order valence-electron chi connectivity index (χ0n) is 16.0. The van der Waals surface area contributed by atoms with E-state index in [1.807, 2.05) is 0 Å². The molecule has 9 heteroatoms. The van der Waals surface area contributed by atoms with Gasteiger partial charge in [-0.25, -0.2) is 0 Å². The topological polar surface area (TPSA) is 128 Å². The Morgan fingerprint density at radius 2 is 1.62 bits per heavy atom. The van der Waals surface area contributed by atoms with E-state index in [1.54, 1.807) is 24.3 Å². The maximum absolute atomic E-state index is 12.2. The summed E-state index contributed by atoms with van der Waals surface area (Å²) in [5.41, 5.74) is 1.01. The van der Waals surface area contributed by atoms with Crippen molar-refractivity contribution in [3.8, 4) is 5.75 Å². The highest BCUT2D eigenvalue weighted by molar-refractivity contribution is 6.10. The summed E-state index contributed by atoms with van der Waals surface area (Å²) in [6.45, 7) is 2.89. The predicted octanol–water partition coefficient (Wildman–Crippen LogP) is 3.33. The molecule has 0 heterocycles. The van der Waals surface area contributed by atoms with E-state index >= 15 is 0 Å². The molecule has 0 radical (unpaired) electrons. The summed E-state index contributed by atoms with van der Waals surface area (Å²) in [7, 11) is 1.30. The monoisotopic (exact) mass is 397 g/mol. The first-order chi connectivity index (χ1) is 13.7. The fraction of sp³-hybridized carbons (Fsp3) is 0.150. The first-order valence-electron chi connectivity index (χ1n) is 8.45. The Kier molecular flexibility index (Phi) is 6.80. The van der Waals surface area contributed by atoms with Crippen molar-refractivity contribution in [2.45, 2.75) is 13.8 Å². The average Bonchev–Trinajstić information content (AvgIpc) is 2.68.